The Morgan fingerprint density at radius 2 is 1.62 bits per heavy atom. The monoisotopic (exact) mass is 491 g/mol. The van der Waals surface area contributed by atoms with Crippen molar-refractivity contribution < 1.29 is 9.53 Å². The molecule has 0 aliphatic carbocycles. The topological polar surface area (TPSA) is 56.2 Å². The molecule has 0 aliphatic rings. The van der Waals surface area contributed by atoms with E-state index in [1.54, 1.807) is 36.0 Å². The van der Waals surface area contributed by atoms with Crippen molar-refractivity contribution in [3.8, 4) is 28.3 Å². The number of carbonyl (C=O) groups excluding carboxylic acids is 1. The fourth-order valence-electron chi connectivity index (χ4n) is 3.59. The third-order valence-corrected chi connectivity index (χ3v) is 6.41. The van der Waals surface area contributed by atoms with Gasteiger partial charge in [0.2, 0.25) is 0 Å². The van der Waals surface area contributed by atoms with E-state index >= 15 is 0 Å². The van der Waals surface area contributed by atoms with Crippen LogP contribution in [0.2, 0.25) is 5.02 Å². The number of rotatable bonds is 10. The van der Waals surface area contributed by atoms with Crippen molar-refractivity contribution in [1.82, 2.24) is 14.9 Å². The highest BCUT2D eigenvalue weighted by molar-refractivity contribution is 7.99. The van der Waals surface area contributed by atoms with Crippen LogP contribution in [-0.2, 0) is 11.3 Å². The molecule has 0 radical (unpaired) electrons. The van der Waals surface area contributed by atoms with E-state index in [0.717, 1.165) is 34.2 Å². The van der Waals surface area contributed by atoms with Crippen LogP contribution in [0.5, 0.6) is 5.75 Å². The third-order valence-electron chi connectivity index (χ3n) is 5.18. The maximum absolute atomic E-state index is 12.2. The maximum atomic E-state index is 12.2. The minimum atomic E-state index is -0.163. The average Bonchev–Trinajstić information content (AvgIpc) is 3.26. The summed E-state index contributed by atoms with van der Waals surface area (Å²) in [6, 6.07) is 27.5. The van der Waals surface area contributed by atoms with Crippen molar-refractivity contribution in [2.24, 2.45) is 0 Å². The number of halogens is 1. The Bertz CT molecular complexity index is 1210. The molecule has 1 amide bonds. The summed E-state index contributed by atoms with van der Waals surface area (Å²) < 4.78 is 7.74. The van der Waals surface area contributed by atoms with Gasteiger partial charge in [-0.05, 0) is 31.2 Å². The molecule has 3 aromatic carbocycles. The molecule has 174 valence electrons. The molecule has 4 rings (SSSR count). The van der Waals surface area contributed by atoms with Crippen molar-refractivity contribution in [2.45, 2.75) is 18.6 Å². The lowest BCUT2D eigenvalue weighted by Gasteiger charge is -2.11. The first-order chi connectivity index (χ1) is 16.7. The number of carbonyl (C=O) groups is 1. The lowest BCUT2D eigenvalue weighted by atomic mass is 10.0. The second kappa shape index (κ2) is 11.8. The molecule has 0 bridgehead atoms. The Morgan fingerprint density at radius 3 is 2.26 bits per heavy atom. The van der Waals surface area contributed by atoms with Gasteiger partial charge >= 0.3 is 0 Å². The molecular formula is C27H26ClN3O2S. The summed E-state index contributed by atoms with van der Waals surface area (Å²) in [5, 5.41) is 4.48. The predicted molar refractivity (Wildman–Crippen MR) is 139 cm³/mol. The molecule has 0 spiro atoms. The number of hydrogen-bond acceptors (Lipinski definition) is 4. The van der Waals surface area contributed by atoms with Gasteiger partial charge in [0.1, 0.15) is 5.75 Å². The van der Waals surface area contributed by atoms with E-state index in [-0.39, 0.29) is 12.5 Å². The minimum absolute atomic E-state index is 0.0355. The predicted octanol–water partition coefficient (Wildman–Crippen LogP) is 6.18. The molecule has 0 saturated carbocycles. The minimum Gasteiger partial charge on any atom is -0.484 e. The van der Waals surface area contributed by atoms with Crippen LogP contribution in [-0.4, -0.2) is 34.4 Å². The van der Waals surface area contributed by atoms with E-state index in [4.69, 9.17) is 21.3 Å². The molecule has 0 unspecified atom stereocenters. The van der Waals surface area contributed by atoms with Gasteiger partial charge in [-0.15, -0.1) is 0 Å². The summed E-state index contributed by atoms with van der Waals surface area (Å²) >= 11 is 7.50. The van der Waals surface area contributed by atoms with E-state index in [1.165, 1.54) is 0 Å². The smallest absolute Gasteiger partial charge is 0.257 e. The first-order valence-electron chi connectivity index (χ1n) is 11.1. The molecule has 1 aromatic heterocycles. The zero-order valence-electron chi connectivity index (χ0n) is 18.9. The highest BCUT2D eigenvalue weighted by Gasteiger charge is 2.19. The van der Waals surface area contributed by atoms with Crippen LogP contribution in [0.3, 0.4) is 0 Å². The molecule has 5 nitrogen and oxygen atoms in total. The fourth-order valence-corrected chi connectivity index (χ4v) is 4.63. The van der Waals surface area contributed by atoms with E-state index in [9.17, 15) is 4.79 Å². The highest BCUT2D eigenvalue weighted by atomic mass is 35.5. The highest BCUT2D eigenvalue weighted by Crippen LogP contribution is 2.35. The van der Waals surface area contributed by atoms with Crippen LogP contribution in [0.15, 0.2) is 90.1 Å². The van der Waals surface area contributed by atoms with E-state index in [2.05, 4.69) is 41.1 Å². The Hall–Kier alpha value is -3.22. The Morgan fingerprint density at radius 1 is 0.971 bits per heavy atom. The maximum Gasteiger partial charge on any atom is 0.257 e. The van der Waals surface area contributed by atoms with E-state index < -0.39 is 0 Å². The van der Waals surface area contributed by atoms with Crippen LogP contribution in [0, 0.1) is 0 Å². The summed E-state index contributed by atoms with van der Waals surface area (Å²) in [4.78, 5) is 17.2. The van der Waals surface area contributed by atoms with Crippen LogP contribution < -0.4 is 10.1 Å². The van der Waals surface area contributed by atoms with Crippen LogP contribution in [0.4, 0.5) is 0 Å². The molecule has 0 saturated heterocycles. The number of imidazole rings is 1. The number of aromatic nitrogens is 2. The van der Waals surface area contributed by atoms with Gasteiger partial charge in [0.25, 0.3) is 5.91 Å². The van der Waals surface area contributed by atoms with Crippen molar-refractivity contribution in [1.29, 1.82) is 0 Å². The molecule has 1 N–H and O–H groups in total. The van der Waals surface area contributed by atoms with Crippen LogP contribution >= 0.6 is 23.4 Å². The number of nitrogens with zero attached hydrogens (tertiary/aromatic N) is 2. The van der Waals surface area contributed by atoms with Gasteiger partial charge in [0.05, 0.1) is 11.4 Å². The van der Waals surface area contributed by atoms with Gasteiger partial charge in [0.15, 0.2) is 11.8 Å². The molecule has 0 atom stereocenters. The van der Waals surface area contributed by atoms with Gasteiger partial charge in [0, 0.05) is 35.0 Å². The molecule has 34 heavy (non-hydrogen) atoms. The Kier molecular flexibility index (Phi) is 8.28. The standard InChI is InChI=1S/C27H26ClN3O2S/c1-2-31-26(21-11-7-4-8-12-21)25(20-9-5-3-6-10-20)30-27(31)34-18-17-29-24(32)19-33-23-15-13-22(28)14-16-23/h3-16H,2,17-19H2,1H3,(H,29,32). The first kappa shape index (κ1) is 23.9. The molecular weight excluding hydrogens is 466 g/mol. The molecule has 0 fully saturated rings. The van der Waals surface area contributed by atoms with Crippen molar-refractivity contribution in [3.05, 3.63) is 90.0 Å². The van der Waals surface area contributed by atoms with Crippen LogP contribution in [0.25, 0.3) is 22.5 Å². The molecule has 4 aromatic rings. The van der Waals surface area contributed by atoms with Gasteiger partial charge in [-0.25, -0.2) is 4.98 Å². The summed E-state index contributed by atoms with van der Waals surface area (Å²) in [6.45, 7) is 3.41. The van der Waals surface area contributed by atoms with Gasteiger partial charge < -0.3 is 14.6 Å². The Labute approximate surface area is 209 Å². The van der Waals surface area contributed by atoms with Crippen molar-refractivity contribution in [3.63, 3.8) is 0 Å². The lowest BCUT2D eigenvalue weighted by molar-refractivity contribution is -0.122. The van der Waals surface area contributed by atoms with Crippen molar-refractivity contribution >= 4 is 29.3 Å². The number of ether oxygens (including phenoxy) is 1. The summed E-state index contributed by atoms with van der Waals surface area (Å²) in [7, 11) is 0. The second-order valence-corrected chi connectivity index (χ2v) is 9.01. The zero-order chi connectivity index (χ0) is 23.8. The normalized spacial score (nSPS) is 10.8. The average molecular weight is 492 g/mol. The molecule has 0 aliphatic heterocycles. The number of amides is 1. The van der Waals surface area contributed by atoms with E-state index in [1.807, 2.05) is 36.4 Å². The second-order valence-electron chi connectivity index (χ2n) is 7.51. The Balaban J connectivity index is 1.41. The number of nitrogens with one attached hydrogen (secondary N) is 1. The number of benzene rings is 3. The summed E-state index contributed by atoms with van der Waals surface area (Å²) in [6.07, 6.45) is 0. The van der Waals surface area contributed by atoms with E-state index in [0.29, 0.717) is 23.1 Å². The van der Waals surface area contributed by atoms with Gasteiger partial charge in [-0.1, -0.05) is 84.0 Å². The third kappa shape index (κ3) is 6.01. The zero-order valence-corrected chi connectivity index (χ0v) is 20.5. The lowest BCUT2D eigenvalue weighted by Crippen LogP contribution is -2.30. The van der Waals surface area contributed by atoms with Gasteiger partial charge in [-0.3, -0.25) is 4.79 Å². The largest absolute Gasteiger partial charge is 0.484 e. The molecule has 7 heteroatoms. The summed E-state index contributed by atoms with van der Waals surface area (Å²) in [5.74, 6) is 1.15. The quantitative estimate of drug-likeness (QED) is 0.212. The van der Waals surface area contributed by atoms with Crippen molar-refractivity contribution in [2.75, 3.05) is 18.9 Å². The summed E-state index contributed by atoms with van der Waals surface area (Å²) in [5.41, 5.74) is 4.30. The number of hydrogen-bond donors (Lipinski definition) is 1. The fraction of sp³-hybridized carbons (Fsp3) is 0.185. The first-order valence-corrected chi connectivity index (χ1v) is 12.5. The van der Waals surface area contributed by atoms with Crippen LogP contribution in [0.1, 0.15) is 6.92 Å². The SMILES string of the molecule is CCn1c(SCCNC(=O)COc2ccc(Cl)cc2)nc(-c2ccccc2)c1-c1ccccc1. The van der Waals surface area contributed by atoms with Gasteiger partial charge in [-0.2, -0.15) is 0 Å². The number of thioether (sulfide) groups is 1. The molecule has 1 heterocycles.